The zero-order valence-corrected chi connectivity index (χ0v) is 6.90. The van der Waals surface area contributed by atoms with Crippen molar-refractivity contribution in [3.8, 4) is 0 Å². The molecule has 1 aliphatic carbocycles. The molecule has 0 atom stereocenters. The minimum Gasteiger partial charge on any atom is -0.201 e. The summed E-state index contributed by atoms with van der Waals surface area (Å²) in [4.78, 5) is 0. The van der Waals surface area contributed by atoms with Crippen LogP contribution in [0.1, 0.15) is 23.6 Å². The Morgan fingerprint density at radius 3 is 2.67 bits per heavy atom. The van der Waals surface area contributed by atoms with Crippen LogP contribution in [0.15, 0.2) is 18.2 Å². The van der Waals surface area contributed by atoms with Gasteiger partial charge in [0.05, 0.1) is 0 Å². The van der Waals surface area contributed by atoms with Crippen LogP contribution in [0.5, 0.6) is 0 Å². The Morgan fingerprint density at radius 2 is 2.17 bits per heavy atom. The summed E-state index contributed by atoms with van der Waals surface area (Å²) in [5, 5.41) is 0. The molecule has 0 bridgehead atoms. The summed E-state index contributed by atoms with van der Waals surface area (Å²) in [6.45, 7) is 2.03. The van der Waals surface area contributed by atoms with E-state index in [2.05, 4.69) is 0 Å². The number of benzene rings is 1. The van der Waals surface area contributed by atoms with Gasteiger partial charge in [0.15, 0.2) is 0 Å². The largest absolute Gasteiger partial charge is 0.277 e. The molecule has 0 nitrogen and oxygen atoms in total. The number of fused-ring (bicyclic) bond motifs is 1. The first-order valence-electron chi connectivity index (χ1n) is 4.13. The van der Waals surface area contributed by atoms with Gasteiger partial charge in [0, 0.05) is 12.0 Å². The zero-order chi connectivity index (χ0) is 8.77. The Hall–Kier alpha value is -0.920. The van der Waals surface area contributed by atoms with Gasteiger partial charge in [-0.05, 0) is 17.5 Å². The molecule has 2 heteroatoms. The lowest BCUT2D eigenvalue weighted by atomic mass is 9.83. The fraction of sp³-hybridized carbons (Fsp3) is 0.400. The predicted molar refractivity (Wildman–Crippen MR) is 43.4 cm³/mol. The van der Waals surface area contributed by atoms with Crippen molar-refractivity contribution < 1.29 is 8.78 Å². The summed E-state index contributed by atoms with van der Waals surface area (Å²) in [5.41, 5.74) is 2.18. The van der Waals surface area contributed by atoms with E-state index < -0.39 is 5.92 Å². The van der Waals surface area contributed by atoms with Crippen LogP contribution in [-0.2, 0) is 18.8 Å². The molecule has 0 saturated heterocycles. The number of aryl methyl sites for hydroxylation is 1. The van der Waals surface area contributed by atoms with Crippen molar-refractivity contribution >= 4 is 0 Å². The van der Waals surface area contributed by atoms with Gasteiger partial charge in [-0.2, -0.15) is 0 Å². The molecule has 0 aromatic heterocycles. The molecule has 0 radical (unpaired) electrons. The van der Waals surface area contributed by atoms with Crippen LogP contribution in [-0.4, -0.2) is 0 Å². The average molecular weight is 168 g/mol. The average Bonchev–Trinajstić information content (AvgIpc) is 2.02. The van der Waals surface area contributed by atoms with Gasteiger partial charge >= 0.3 is 0 Å². The van der Waals surface area contributed by atoms with Crippen molar-refractivity contribution in [2.45, 2.75) is 25.7 Å². The van der Waals surface area contributed by atoms with Crippen LogP contribution in [0.4, 0.5) is 8.78 Å². The highest BCUT2D eigenvalue weighted by atomic mass is 19.3. The Morgan fingerprint density at radius 1 is 1.42 bits per heavy atom. The van der Waals surface area contributed by atoms with Crippen molar-refractivity contribution in [2.24, 2.45) is 0 Å². The number of hydrogen-bond donors (Lipinski definition) is 0. The molecule has 0 fully saturated rings. The first kappa shape index (κ1) is 7.71. The van der Waals surface area contributed by atoms with Crippen LogP contribution < -0.4 is 0 Å². The Balaban J connectivity index is 2.41. The van der Waals surface area contributed by atoms with E-state index in [-0.39, 0.29) is 12.0 Å². The molecular weight excluding hydrogens is 158 g/mol. The second-order valence-electron chi connectivity index (χ2n) is 3.23. The molecule has 0 saturated carbocycles. The zero-order valence-electron chi connectivity index (χ0n) is 6.90. The third-order valence-electron chi connectivity index (χ3n) is 2.38. The summed E-state index contributed by atoms with van der Waals surface area (Å²) in [6, 6.07) is 5.22. The molecule has 0 aliphatic heterocycles. The molecule has 64 valence electrons. The van der Waals surface area contributed by atoms with Gasteiger partial charge in [-0.25, -0.2) is 8.78 Å². The van der Waals surface area contributed by atoms with E-state index in [1.807, 2.05) is 13.0 Å². The summed E-state index contributed by atoms with van der Waals surface area (Å²) in [5.74, 6) is -2.55. The minimum atomic E-state index is -2.55. The Bertz CT molecular complexity index is 316. The normalized spacial score (nSPS) is 18.2. The number of hydrogen-bond acceptors (Lipinski definition) is 0. The third-order valence-corrected chi connectivity index (χ3v) is 2.38. The molecule has 0 N–H and O–H groups in total. The standard InChI is InChI=1S/C10H10F2/c1-2-7-3-4-9-8(5-7)6-10(9,11)12/h3-5H,2,6H2,1H3. The lowest BCUT2D eigenvalue weighted by molar-refractivity contribution is -0.0288. The second kappa shape index (κ2) is 2.28. The molecule has 0 unspecified atom stereocenters. The van der Waals surface area contributed by atoms with Gasteiger partial charge in [0.1, 0.15) is 0 Å². The van der Waals surface area contributed by atoms with Gasteiger partial charge in [-0.3, -0.25) is 0 Å². The van der Waals surface area contributed by atoms with Crippen LogP contribution in [0.25, 0.3) is 0 Å². The van der Waals surface area contributed by atoms with Gasteiger partial charge in [0.2, 0.25) is 0 Å². The van der Waals surface area contributed by atoms with Crippen molar-refractivity contribution in [1.29, 1.82) is 0 Å². The first-order valence-corrected chi connectivity index (χ1v) is 4.13. The third kappa shape index (κ3) is 0.942. The van der Waals surface area contributed by atoms with Gasteiger partial charge in [-0.15, -0.1) is 0 Å². The van der Waals surface area contributed by atoms with Crippen LogP contribution >= 0.6 is 0 Å². The smallest absolute Gasteiger partial charge is 0.201 e. The highest BCUT2D eigenvalue weighted by molar-refractivity contribution is 5.43. The lowest BCUT2D eigenvalue weighted by Crippen LogP contribution is -2.29. The highest BCUT2D eigenvalue weighted by Gasteiger charge is 2.43. The number of halogens is 2. The van der Waals surface area contributed by atoms with Gasteiger partial charge in [0.25, 0.3) is 5.92 Å². The van der Waals surface area contributed by atoms with Crippen molar-refractivity contribution in [3.05, 3.63) is 34.9 Å². The van der Waals surface area contributed by atoms with E-state index in [1.54, 1.807) is 12.1 Å². The number of rotatable bonds is 1. The van der Waals surface area contributed by atoms with Gasteiger partial charge in [-0.1, -0.05) is 25.1 Å². The van der Waals surface area contributed by atoms with Gasteiger partial charge < -0.3 is 0 Å². The maximum absolute atomic E-state index is 12.8. The molecule has 1 aromatic rings. The van der Waals surface area contributed by atoms with E-state index in [9.17, 15) is 8.78 Å². The van der Waals surface area contributed by atoms with E-state index in [0.29, 0.717) is 0 Å². The molecular formula is C10H10F2. The quantitative estimate of drug-likeness (QED) is 0.604. The molecule has 12 heavy (non-hydrogen) atoms. The minimum absolute atomic E-state index is 0.0732. The summed E-state index contributed by atoms with van der Waals surface area (Å²) >= 11 is 0. The molecule has 0 spiro atoms. The molecule has 0 heterocycles. The maximum Gasteiger partial charge on any atom is 0.277 e. The summed E-state index contributed by atoms with van der Waals surface area (Å²) < 4.78 is 25.5. The SMILES string of the molecule is CCc1ccc2c(c1)CC2(F)F. The second-order valence-corrected chi connectivity index (χ2v) is 3.23. The molecule has 1 aromatic carbocycles. The lowest BCUT2D eigenvalue weighted by Gasteiger charge is -2.30. The maximum atomic E-state index is 12.8. The highest BCUT2D eigenvalue weighted by Crippen LogP contribution is 2.43. The molecule has 0 amide bonds. The topological polar surface area (TPSA) is 0 Å². The van der Waals surface area contributed by atoms with Crippen molar-refractivity contribution in [2.75, 3.05) is 0 Å². The Labute approximate surface area is 70.2 Å². The summed E-state index contributed by atoms with van der Waals surface area (Å²) in [7, 11) is 0. The van der Waals surface area contributed by atoms with E-state index >= 15 is 0 Å². The van der Waals surface area contributed by atoms with Crippen LogP contribution in [0.2, 0.25) is 0 Å². The van der Waals surface area contributed by atoms with E-state index in [4.69, 9.17) is 0 Å². The fourth-order valence-electron chi connectivity index (χ4n) is 1.60. The number of alkyl halides is 2. The summed E-state index contributed by atoms with van der Waals surface area (Å²) in [6.07, 6.45) is 0.842. The van der Waals surface area contributed by atoms with Crippen molar-refractivity contribution in [1.82, 2.24) is 0 Å². The molecule has 1 aliphatic rings. The van der Waals surface area contributed by atoms with Crippen molar-refractivity contribution in [3.63, 3.8) is 0 Å². The Kier molecular flexibility index (Phi) is 1.47. The van der Waals surface area contributed by atoms with E-state index in [1.165, 1.54) is 0 Å². The van der Waals surface area contributed by atoms with E-state index in [0.717, 1.165) is 17.5 Å². The van der Waals surface area contributed by atoms with Crippen LogP contribution in [0, 0.1) is 0 Å². The van der Waals surface area contributed by atoms with Crippen LogP contribution in [0.3, 0.4) is 0 Å². The first-order chi connectivity index (χ1) is 5.63. The molecule has 2 rings (SSSR count). The predicted octanol–water partition coefficient (Wildman–Crippen LogP) is 2.90. The fourth-order valence-corrected chi connectivity index (χ4v) is 1.60. The monoisotopic (exact) mass is 168 g/mol.